The van der Waals surface area contributed by atoms with Crippen molar-refractivity contribution in [3.05, 3.63) is 71.8 Å². The van der Waals surface area contributed by atoms with E-state index in [2.05, 4.69) is 15.4 Å². The minimum atomic E-state index is -3.72. The first-order valence-corrected chi connectivity index (χ1v) is 12.5. The zero-order valence-corrected chi connectivity index (χ0v) is 19.2. The van der Waals surface area contributed by atoms with E-state index in [1.165, 1.54) is 0 Å². The largest absolute Gasteiger partial charge is 0.321 e. The van der Waals surface area contributed by atoms with Gasteiger partial charge in [-0.3, -0.25) is 4.79 Å². The van der Waals surface area contributed by atoms with Gasteiger partial charge in [0, 0.05) is 28.1 Å². The number of anilines is 1. The van der Waals surface area contributed by atoms with E-state index >= 15 is 0 Å². The predicted molar refractivity (Wildman–Crippen MR) is 128 cm³/mol. The van der Waals surface area contributed by atoms with Gasteiger partial charge >= 0.3 is 0 Å². The minimum Gasteiger partial charge on any atom is -0.321 e. The molecule has 168 valence electrons. The van der Waals surface area contributed by atoms with Gasteiger partial charge in [0.2, 0.25) is 10.0 Å². The fraction of sp³-hybridized carbons (Fsp3) is 0.320. The molecule has 4 rings (SSSR count). The van der Waals surface area contributed by atoms with Crippen molar-refractivity contribution in [3.63, 3.8) is 0 Å². The highest BCUT2D eigenvalue weighted by Gasteiger charge is 2.26. The van der Waals surface area contributed by atoms with Crippen LogP contribution in [0.4, 0.5) is 5.69 Å². The normalized spacial score (nSPS) is 16.1. The van der Waals surface area contributed by atoms with Crippen LogP contribution in [-0.4, -0.2) is 33.5 Å². The van der Waals surface area contributed by atoms with E-state index in [-0.39, 0.29) is 16.8 Å². The Morgan fingerprint density at radius 1 is 0.969 bits per heavy atom. The molecule has 1 atom stereocenters. The smallest absolute Gasteiger partial charge is 0.255 e. The van der Waals surface area contributed by atoms with Gasteiger partial charge in [-0.1, -0.05) is 42.5 Å². The number of hydrogen-bond acceptors (Lipinski definition) is 4. The van der Waals surface area contributed by atoms with E-state index in [1.807, 2.05) is 50.2 Å². The maximum Gasteiger partial charge on any atom is 0.255 e. The molecule has 1 aliphatic rings. The number of carbonyl (C=O) groups excluding carboxylic acids is 1. The van der Waals surface area contributed by atoms with E-state index in [1.54, 1.807) is 24.3 Å². The Hall–Kier alpha value is -2.74. The second-order valence-corrected chi connectivity index (χ2v) is 10.1. The monoisotopic (exact) mass is 451 g/mol. The van der Waals surface area contributed by atoms with Crippen LogP contribution in [0.3, 0.4) is 0 Å². The molecule has 0 saturated carbocycles. The molecule has 1 unspecified atom stereocenters. The molecular weight excluding hydrogens is 422 g/mol. The summed E-state index contributed by atoms with van der Waals surface area (Å²) in [6.07, 6.45) is 1.91. The average Bonchev–Trinajstić information content (AvgIpc) is 2.79. The summed E-state index contributed by atoms with van der Waals surface area (Å²) >= 11 is 0. The van der Waals surface area contributed by atoms with Crippen molar-refractivity contribution < 1.29 is 13.2 Å². The van der Waals surface area contributed by atoms with Crippen molar-refractivity contribution in [2.45, 2.75) is 37.6 Å². The Balaban J connectivity index is 1.64. The number of amides is 1. The number of benzene rings is 3. The lowest BCUT2D eigenvalue weighted by Gasteiger charge is -2.28. The van der Waals surface area contributed by atoms with Crippen LogP contribution < -0.4 is 15.4 Å². The molecule has 32 heavy (non-hydrogen) atoms. The van der Waals surface area contributed by atoms with Crippen LogP contribution >= 0.6 is 0 Å². The number of carbonyl (C=O) groups is 1. The van der Waals surface area contributed by atoms with Crippen LogP contribution in [-0.2, 0) is 10.0 Å². The van der Waals surface area contributed by atoms with Crippen LogP contribution in [0.1, 0.15) is 35.7 Å². The fourth-order valence-electron chi connectivity index (χ4n) is 4.38. The number of fused-ring (bicyclic) bond motifs is 1. The molecule has 3 N–H and O–H groups in total. The molecule has 3 aromatic carbocycles. The van der Waals surface area contributed by atoms with Gasteiger partial charge in [0.1, 0.15) is 0 Å². The van der Waals surface area contributed by atoms with E-state index in [0.29, 0.717) is 27.9 Å². The van der Waals surface area contributed by atoms with Gasteiger partial charge in [-0.25, -0.2) is 13.1 Å². The first-order valence-electron chi connectivity index (χ1n) is 11.0. The quantitative estimate of drug-likeness (QED) is 0.527. The van der Waals surface area contributed by atoms with Gasteiger partial charge in [-0.05, 0) is 69.5 Å². The lowest BCUT2D eigenvalue weighted by atomic mass is 9.92. The van der Waals surface area contributed by atoms with Crippen molar-refractivity contribution in [3.8, 4) is 0 Å². The third kappa shape index (κ3) is 4.70. The predicted octanol–water partition coefficient (Wildman–Crippen LogP) is 4.07. The molecule has 1 fully saturated rings. The standard InChI is InChI=1S/C25H29N3O3S/c1-17-7-3-4-8-20(17)25(29)27-23-11-12-24(22-10-6-5-9-21(22)23)32(30,31)28-18(2)19-13-15-26-16-14-19/h3-12,18-19,26,28H,13-16H2,1-2H3,(H,27,29). The topological polar surface area (TPSA) is 87.3 Å². The molecule has 3 aromatic rings. The zero-order chi connectivity index (χ0) is 22.7. The lowest BCUT2D eigenvalue weighted by molar-refractivity contribution is 0.102. The lowest BCUT2D eigenvalue weighted by Crippen LogP contribution is -2.42. The van der Waals surface area contributed by atoms with E-state index in [0.717, 1.165) is 31.5 Å². The van der Waals surface area contributed by atoms with Crippen LogP contribution in [0.5, 0.6) is 0 Å². The van der Waals surface area contributed by atoms with Crippen LogP contribution in [0.25, 0.3) is 10.8 Å². The van der Waals surface area contributed by atoms with Crippen molar-refractivity contribution in [2.75, 3.05) is 18.4 Å². The van der Waals surface area contributed by atoms with E-state index < -0.39 is 10.0 Å². The summed E-state index contributed by atoms with van der Waals surface area (Å²) in [4.78, 5) is 13.1. The van der Waals surface area contributed by atoms with Crippen molar-refractivity contribution in [1.82, 2.24) is 10.0 Å². The maximum atomic E-state index is 13.3. The molecule has 0 radical (unpaired) electrons. The number of nitrogens with one attached hydrogen (secondary N) is 3. The molecular formula is C25H29N3O3S. The summed E-state index contributed by atoms with van der Waals surface area (Å²) in [5.74, 6) is 0.0893. The summed E-state index contributed by atoms with van der Waals surface area (Å²) in [6.45, 7) is 5.65. The van der Waals surface area contributed by atoms with Crippen LogP contribution in [0.2, 0.25) is 0 Å². The second-order valence-electron chi connectivity index (χ2n) is 8.42. The Morgan fingerprint density at radius 2 is 1.62 bits per heavy atom. The van der Waals surface area contributed by atoms with Crippen LogP contribution in [0.15, 0.2) is 65.6 Å². The van der Waals surface area contributed by atoms with Gasteiger partial charge in [-0.15, -0.1) is 0 Å². The average molecular weight is 452 g/mol. The highest BCUT2D eigenvalue weighted by molar-refractivity contribution is 7.89. The number of sulfonamides is 1. The summed E-state index contributed by atoms with van der Waals surface area (Å²) in [7, 11) is -3.72. The van der Waals surface area contributed by atoms with Crippen molar-refractivity contribution >= 4 is 32.4 Å². The molecule has 0 aromatic heterocycles. The van der Waals surface area contributed by atoms with E-state index in [9.17, 15) is 13.2 Å². The Labute approximate surface area is 189 Å². The molecule has 0 aliphatic carbocycles. The number of piperidine rings is 1. The highest BCUT2D eigenvalue weighted by Crippen LogP contribution is 2.30. The zero-order valence-electron chi connectivity index (χ0n) is 18.4. The molecule has 1 aliphatic heterocycles. The first kappa shape index (κ1) is 22.5. The first-order chi connectivity index (χ1) is 15.4. The molecule has 0 spiro atoms. The summed E-state index contributed by atoms with van der Waals surface area (Å²) in [6, 6.07) is 17.7. The SMILES string of the molecule is Cc1ccccc1C(=O)Nc1ccc(S(=O)(=O)NC(C)C2CCNCC2)c2ccccc12. The summed E-state index contributed by atoms with van der Waals surface area (Å²) in [5, 5.41) is 7.54. The fourth-order valence-corrected chi connectivity index (χ4v) is 5.90. The van der Waals surface area contributed by atoms with Gasteiger partial charge in [0.15, 0.2) is 0 Å². The third-order valence-corrected chi connectivity index (χ3v) is 7.86. The molecule has 1 heterocycles. The number of aryl methyl sites for hydroxylation is 1. The molecule has 1 amide bonds. The molecule has 0 bridgehead atoms. The highest BCUT2D eigenvalue weighted by atomic mass is 32.2. The maximum absolute atomic E-state index is 13.3. The number of hydrogen-bond donors (Lipinski definition) is 3. The second kappa shape index (κ2) is 9.40. The van der Waals surface area contributed by atoms with Gasteiger partial charge < -0.3 is 10.6 Å². The van der Waals surface area contributed by atoms with Crippen molar-refractivity contribution in [1.29, 1.82) is 0 Å². The Morgan fingerprint density at radius 3 is 2.34 bits per heavy atom. The third-order valence-electron chi connectivity index (χ3n) is 6.24. The van der Waals surface area contributed by atoms with Gasteiger partial charge in [0.05, 0.1) is 4.90 Å². The number of rotatable bonds is 6. The Kier molecular flexibility index (Phi) is 6.60. The molecule has 7 heteroatoms. The molecule has 6 nitrogen and oxygen atoms in total. The Bertz CT molecular complexity index is 1230. The van der Waals surface area contributed by atoms with Gasteiger partial charge in [0.25, 0.3) is 5.91 Å². The van der Waals surface area contributed by atoms with Gasteiger partial charge in [-0.2, -0.15) is 0 Å². The van der Waals surface area contributed by atoms with E-state index in [4.69, 9.17) is 0 Å². The summed E-state index contributed by atoms with van der Waals surface area (Å²) < 4.78 is 29.5. The summed E-state index contributed by atoms with van der Waals surface area (Å²) in [5.41, 5.74) is 2.05. The minimum absolute atomic E-state index is 0.152. The van der Waals surface area contributed by atoms with Crippen molar-refractivity contribution in [2.24, 2.45) is 5.92 Å². The molecule has 1 saturated heterocycles. The van der Waals surface area contributed by atoms with Crippen LogP contribution in [0, 0.1) is 12.8 Å².